The number of ether oxygens (including phenoxy) is 2. The van der Waals surface area contributed by atoms with E-state index in [9.17, 15) is 9.59 Å². The van der Waals surface area contributed by atoms with E-state index < -0.39 is 10.8 Å². The van der Waals surface area contributed by atoms with Crippen LogP contribution in [0.2, 0.25) is 8.67 Å². The first-order valence-corrected chi connectivity index (χ1v) is 23.8. The number of hydrogen-bond donors (Lipinski definition) is 1. The predicted octanol–water partition coefficient (Wildman–Crippen LogP) is 10.5. The second-order valence-corrected chi connectivity index (χ2v) is 21.8. The number of carbonyl (C=O) groups excluding carboxylic acids is 2. The van der Waals surface area contributed by atoms with Crippen LogP contribution in [-0.2, 0) is 46.0 Å². The van der Waals surface area contributed by atoms with Gasteiger partial charge in [0.1, 0.15) is 0 Å². The van der Waals surface area contributed by atoms with Gasteiger partial charge < -0.3 is 14.8 Å². The van der Waals surface area contributed by atoms with E-state index in [1.165, 1.54) is 29.0 Å². The second-order valence-electron chi connectivity index (χ2n) is 18.2. The molecule has 4 fully saturated rings. The summed E-state index contributed by atoms with van der Waals surface area (Å²) >= 11 is 15.4. The number of aromatic nitrogens is 4. The summed E-state index contributed by atoms with van der Waals surface area (Å²) in [5.74, 6) is 0.240. The fourth-order valence-electron chi connectivity index (χ4n) is 9.06. The van der Waals surface area contributed by atoms with Crippen LogP contribution < -0.4 is 5.32 Å². The molecule has 7 heterocycles. The number of thiophene rings is 2. The topological polar surface area (TPSA) is 100 Å². The number of hydrogen-bond acceptors (Lipinski definition) is 9. The van der Waals surface area contributed by atoms with Gasteiger partial charge in [0.2, 0.25) is 0 Å². The number of rotatable bonds is 10. The van der Waals surface area contributed by atoms with Crippen molar-refractivity contribution < 1.29 is 19.1 Å². The van der Waals surface area contributed by atoms with Crippen molar-refractivity contribution in [3.05, 3.63) is 77.6 Å². The first-order valence-electron chi connectivity index (χ1n) is 21.4. The first-order chi connectivity index (χ1) is 27.8. The highest BCUT2D eigenvalue weighted by Crippen LogP contribution is 2.40. The number of carbonyl (C=O) groups is 2. The standard InChI is InChI=1S/C23H31ClN2O2S.C22H30ClN3O2S/c1-22(10-4-3-5-11-22)19-16-17(6-7-18-8-9-20(24)29-18)26(25-19)21(27)23(2)12-14-28-15-13-23;1-21(9-12-28-13-10-21)20(27)26-16(4-5-17-6-7-19(23)29-17)14-18(25-26)22(2)8-3-11-24-15-22/h8-9,16H,3-7,10-15H2,1-2H3;6-7,14,24H,3-5,8-13,15H2,1-2H3. The molecule has 0 radical (unpaired) electrons. The Morgan fingerprint density at radius 1 is 0.638 bits per heavy atom. The molecule has 58 heavy (non-hydrogen) atoms. The molecule has 3 saturated heterocycles. The number of aryl methyl sites for hydroxylation is 4. The highest BCUT2D eigenvalue weighted by molar-refractivity contribution is 7.16. The van der Waals surface area contributed by atoms with Crippen molar-refractivity contribution in [3.8, 4) is 0 Å². The molecule has 4 aromatic rings. The summed E-state index contributed by atoms with van der Waals surface area (Å²) in [6.45, 7) is 13.3. The molecular formula is C45H61Cl2N5O4S2. The third-order valence-electron chi connectivity index (χ3n) is 13.5. The van der Waals surface area contributed by atoms with E-state index in [1.54, 1.807) is 32.0 Å². The molecule has 8 rings (SSSR count). The van der Waals surface area contributed by atoms with Crippen molar-refractivity contribution in [2.24, 2.45) is 10.8 Å². The van der Waals surface area contributed by atoms with Gasteiger partial charge >= 0.3 is 0 Å². The van der Waals surface area contributed by atoms with E-state index in [0.717, 1.165) is 122 Å². The summed E-state index contributed by atoms with van der Waals surface area (Å²) in [6.07, 6.45) is 14.7. The lowest BCUT2D eigenvalue weighted by Crippen LogP contribution is -2.42. The lowest BCUT2D eigenvalue weighted by Gasteiger charge is -2.33. The van der Waals surface area contributed by atoms with E-state index >= 15 is 0 Å². The van der Waals surface area contributed by atoms with Gasteiger partial charge in [0.15, 0.2) is 0 Å². The first kappa shape index (κ1) is 43.7. The minimum Gasteiger partial charge on any atom is -0.381 e. The minimum absolute atomic E-state index is 0.0264. The van der Waals surface area contributed by atoms with E-state index in [-0.39, 0.29) is 22.6 Å². The molecule has 1 atom stereocenters. The van der Waals surface area contributed by atoms with Crippen LogP contribution in [0.3, 0.4) is 0 Å². The van der Waals surface area contributed by atoms with E-state index in [0.29, 0.717) is 26.4 Å². The molecule has 0 amide bonds. The van der Waals surface area contributed by atoms with Crippen LogP contribution in [-0.4, -0.2) is 70.9 Å². The SMILES string of the molecule is CC1(C(=O)n2nc(C3(C)CCCCC3)cc2CCc2ccc(Cl)s2)CCOCC1.CC1(C(=O)n2nc(C3(C)CCCNC3)cc2CCc2ccc(Cl)s2)CCOCC1. The Morgan fingerprint density at radius 2 is 1.09 bits per heavy atom. The molecule has 0 bridgehead atoms. The quantitative estimate of drug-likeness (QED) is 0.169. The monoisotopic (exact) mass is 869 g/mol. The molecule has 3 aliphatic heterocycles. The molecule has 4 aliphatic rings. The number of nitrogens with one attached hydrogen (secondary N) is 1. The van der Waals surface area contributed by atoms with Gasteiger partial charge in [-0.2, -0.15) is 10.2 Å². The van der Waals surface area contributed by atoms with Crippen molar-refractivity contribution in [3.63, 3.8) is 0 Å². The Bertz CT molecular complexity index is 1870. The predicted molar refractivity (Wildman–Crippen MR) is 235 cm³/mol. The zero-order valence-electron chi connectivity index (χ0n) is 34.8. The molecule has 0 spiro atoms. The van der Waals surface area contributed by atoms with Crippen LogP contribution in [0, 0.1) is 10.8 Å². The van der Waals surface area contributed by atoms with Crippen LogP contribution >= 0.6 is 45.9 Å². The molecule has 0 aromatic carbocycles. The van der Waals surface area contributed by atoms with Gasteiger partial charge in [-0.15, -0.1) is 22.7 Å². The summed E-state index contributed by atoms with van der Waals surface area (Å²) in [5, 5.41) is 13.4. The van der Waals surface area contributed by atoms with Crippen molar-refractivity contribution in [2.45, 2.75) is 135 Å². The minimum atomic E-state index is -0.408. The molecule has 13 heteroatoms. The van der Waals surface area contributed by atoms with Crippen LogP contribution in [0.15, 0.2) is 36.4 Å². The van der Waals surface area contributed by atoms with E-state index in [2.05, 4.69) is 57.3 Å². The maximum atomic E-state index is 13.6. The highest BCUT2D eigenvalue weighted by Gasteiger charge is 2.41. The Kier molecular flexibility index (Phi) is 14.1. The normalized spacial score (nSPS) is 22.9. The number of piperidine rings is 1. The molecule has 9 nitrogen and oxygen atoms in total. The summed E-state index contributed by atoms with van der Waals surface area (Å²) in [6, 6.07) is 12.4. The van der Waals surface area contributed by atoms with Crippen molar-refractivity contribution >= 4 is 57.7 Å². The lowest BCUT2D eigenvalue weighted by molar-refractivity contribution is 0.0163. The summed E-state index contributed by atoms with van der Waals surface area (Å²) in [4.78, 5) is 29.6. The molecule has 1 saturated carbocycles. The summed E-state index contributed by atoms with van der Waals surface area (Å²) in [7, 11) is 0. The average molecular weight is 871 g/mol. The number of nitrogens with zero attached hydrogens (tertiary/aromatic N) is 4. The van der Waals surface area contributed by atoms with Gasteiger partial charge in [-0.25, -0.2) is 9.36 Å². The third kappa shape index (κ3) is 10.0. The second kappa shape index (κ2) is 18.7. The smallest absolute Gasteiger partial charge is 0.253 e. The largest absolute Gasteiger partial charge is 0.381 e. The van der Waals surface area contributed by atoms with Crippen LogP contribution in [0.1, 0.15) is 140 Å². The fourth-order valence-corrected chi connectivity index (χ4v) is 11.2. The van der Waals surface area contributed by atoms with Crippen LogP contribution in [0.25, 0.3) is 0 Å². The van der Waals surface area contributed by atoms with Crippen LogP contribution in [0.4, 0.5) is 0 Å². The van der Waals surface area contributed by atoms with E-state index in [1.807, 2.05) is 12.1 Å². The van der Waals surface area contributed by atoms with Gasteiger partial charge in [-0.3, -0.25) is 9.59 Å². The van der Waals surface area contributed by atoms with Gasteiger partial charge in [-0.1, -0.05) is 70.2 Å². The van der Waals surface area contributed by atoms with Crippen LogP contribution in [0.5, 0.6) is 0 Å². The molecule has 4 aromatic heterocycles. The van der Waals surface area contributed by atoms with Crippen molar-refractivity contribution in [1.82, 2.24) is 24.9 Å². The van der Waals surface area contributed by atoms with Gasteiger partial charge in [-0.05, 0) is 120 Å². The molecule has 1 N–H and O–H groups in total. The number of halogens is 2. The zero-order chi connectivity index (χ0) is 41.0. The van der Waals surface area contributed by atoms with Gasteiger partial charge in [0.05, 0.1) is 30.9 Å². The van der Waals surface area contributed by atoms with Gasteiger partial charge in [0.25, 0.3) is 11.8 Å². The van der Waals surface area contributed by atoms with E-state index in [4.69, 9.17) is 42.9 Å². The Balaban J connectivity index is 0.000000177. The third-order valence-corrected chi connectivity index (χ3v) is 16.1. The maximum Gasteiger partial charge on any atom is 0.253 e. The molecule has 316 valence electrons. The molecular weight excluding hydrogens is 810 g/mol. The molecule has 1 aliphatic carbocycles. The van der Waals surface area contributed by atoms with Crippen molar-refractivity contribution in [2.75, 3.05) is 39.5 Å². The maximum absolute atomic E-state index is 13.6. The Hall–Kier alpha value is -2.38. The van der Waals surface area contributed by atoms with Crippen molar-refractivity contribution in [1.29, 1.82) is 0 Å². The Morgan fingerprint density at radius 3 is 1.50 bits per heavy atom. The highest BCUT2D eigenvalue weighted by atomic mass is 35.5. The summed E-state index contributed by atoms with van der Waals surface area (Å²) < 4.78 is 16.1. The Labute approximate surface area is 362 Å². The average Bonchev–Trinajstić information content (AvgIpc) is 4.04. The lowest BCUT2D eigenvalue weighted by atomic mass is 9.73. The molecule has 1 unspecified atom stereocenters. The fraction of sp³-hybridized carbons (Fsp3) is 0.644. The van der Waals surface area contributed by atoms with Gasteiger partial charge in [0, 0.05) is 64.9 Å². The zero-order valence-corrected chi connectivity index (χ0v) is 38.0. The summed E-state index contributed by atoms with van der Waals surface area (Å²) in [5.41, 5.74) is 3.43.